The summed E-state index contributed by atoms with van der Waals surface area (Å²) < 4.78 is 5.52. The molecule has 2 rings (SSSR count). The van der Waals surface area contributed by atoms with Crippen LogP contribution in [0.15, 0.2) is 5.38 Å². The molecule has 0 aliphatic carbocycles. The van der Waals surface area contributed by atoms with E-state index in [0.717, 1.165) is 30.3 Å². The van der Waals surface area contributed by atoms with Crippen LogP contribution < -0.4 is 5.32 Å². The van der Waals surface area contributed by atoms with Crippen LogP contribution in [0.2, 0.25) is 0 Å². The summed E-state index contributed by atoms with van der Waals surface area (Å²) in [6.45, 7) is 9.25. The number of thiazole rings is 1. The van der Waals surface area contributed by atoms with Crippen LogP contribution in [0.25, 0.3) is 0 Å². The summed E-state index contributed by atoms with van der Waals surface area (Å²) in [6, 6.07) is 0.261. The maximum atomic E-state index is 12.3. The van der Waals surface area contributed by atoms with Gasteiger partial charge in [-0.05, 0) is 20.8 Å². The molecule has 6 heteroatoms. The van der Waals surface area contributed by atoms with E-state index in [-0.39, 0.29) is 18.1 Å². The summed E-state index contributed by atoms with van der Waals surface area (Å²) in [4.78, 5) is 18.8. The van der Waals surface area contributed by atoms with Gasteiger partial charge in [0.05, 0.1) is 12.1 Å². The van der Waals surface area contributed by atoms with Gasteiger partial charge in [0.2, 0.25) is 5.91 Å². The maximum absolute atomic E-state index is 12.3. The highest BCUT2D eigenvalue weighted by atomic mass is 32.1. The lowest BCUT2D eigenvalue weighted by Crippen LogP contribution is -2.52. The van der Waals surface area contributed by atoms with Crippen molar-refractivity contribution in [2.24, 2.45) is 0 Å². The van der Waals surface area contributed by atoms with Crippen LogP contribution in [0, 0.1) is 0 Å². The van der Waals surface area contributed by atoms with Gasteiger partial charge in [-0.1, -0.05) is 0 Å². The zero-order valence-electron chi connectivity index (χ0n) is 12.4. The van der Waals surface area contributed by atoms with E-state index in [1.807, 2.05) is 24.1 Å². The third-order valence-electron chi connectivity index (χ3n) is 3.49. The Balaban J connectivity index is 1.94. The Morgan fingerprint density at radius 3 is 3.20 bits per heavy atom. The van der Waals surface area contributed by atoms with Crippen LogP contribution in [-0.2, 0) is 16.0 Å². The Morgan fingerprint density at radius 2 is 2.50 bits per heavy atom. The van der Waals surface area contributed by atoms with Gasteiger partial charge in [0, 0.05) is 37.7 Å². The molecule has 0 bridgehead atoms. The second kappa shape index (κ2) is 7.15. The van der Waals surface area contributed by atoms with Gasteiger partial charge >= 0.3 is 0 Å². The molecule has 0 spiro atoms. The van der Waals surface area contributed by atoms with E-state index in [1.54, 1.807) is 11.3 Å². The number of nitrogens with zero attached hydrogens (tertiary/aromatic N) is 2. The number of hydrogen-bond donors (Lipinski definition) is 1. The zero-order valence-corrected chi connectivity index (χ0v) is 13.2. The van der Waals surface area contributed by atoms with Gasteiger partial charge in [0.15, 0.2) is 0 Å². The van der Waals surface area contributed by atoms with E-state index in [0.29, 0.717) is 13.0 Å². The summed E-state index contributed by atoms with van der Waals surface area (Å²) in [5.74, 6) is 0.167. The Morgan fingerprint density at radius 1 is 1.70 bits per heavy atom. The topological polar surface area (TPSA) is 54.5 Å². The van der Waals surface area contributed by atoms with Crippen molar-refractivity contribution in [2.45, 2.75) is 39.3 Å². The predicted octanol–water partition coefficient (Wildman–Crippen LogP) is 1.60. The van der Waals surface area contributed by atoms with Gasteiger partial charge in [-0.2, -0.15) is 0 Å². The van der Waals surface area contributed by atoms with Crippen LogP contribution >= 0.6 is 11.3 Å². The first-order valence-corrected chi connectivity index (χ1v) is 8.05. The van der Waals surface area contributed by atoms with Crippen molar-refractivity contribution in [3.05, 3.63) is 16.1 Å². The van der Waals surface area contributed by atoms with Gasteiger partial charge < -0.3 is 15.0 Å². The molecule has 1 saturated heterocycles. The fourth-order valence-electron chi connectivity index (χ4n) is 2.38. The van der Waals surface area contributed by atoms with E-state index in [4.69, 9.17) is 4.74 Å². The number of amides is 1. The third kappa shape index (κ3) is 3.77. The number of hydrogen-bond acceptors (Lipinski definition) is 5. The molecule has 2 atom stereocenters. The summed E-state index contributed by atoms with van der Waals surface area (Å²) in [5.41, 5.74) is 0.854. The van der Waals surface area contributed by atoms with Crippen molar-refractivity contribution in [3.8, 4) is 0 Å². The average Bonchev–Trinajstić information content (AvgIpc) is 2.88. The second-order valence-electron chi connectivity index (χ2n) is 5.09. The first-order chi connectivity index (χ1) is 9.61. The van der Waals surface area contributed by atoms with Crippen LogP contribution in [-0.4, -0.2) is 48.1 Å². The summed E-state index contributed by atoms with van der Waals surface area (Å²) in [7, 11) is 0. The molecular weight excluding hydrogens is 274 g/mol. The van der Waals surface area contributed by atoms with Crippen molar-refractivity contribution in [3.63, 3.8) is 0 Å². The van der Waals surface area contributed by atoms with E-state index in [2.05, 4.69) is 17.2 Å². The first-order valence-electron chi connectivity index (χ1n) is 7.18. The minimum absolute atomic E-state index is 0.00645. The zero-order chi connectivity index (χ0) is 14.5. The lowest BCUT2D eigenvalue weighted by Gasteiger charge is -2.33. The molecule has 112 valence electrons. The molecular formula is C14H23N3O2S. The van der Waals surface area contributed by atoms with Crippen LogP contribution in [0.4, 0.5) is 0 Å². The lowest BCUT2D eigenvalue weighted by molar-refractivity contribution is -0.133. The van der Waals surface area contributed by atoms with Gasteiger partial charge in [-0.25, -0.2) is 4.98 Å². The van der Waals surface area contributed by atoms with E-state index in [9.17, 15) is 4.79 Å². The molecule has 0 unspecified atom stereocenters. The van der Waals surface area contributed by atoms with Crippen LogP contribution in [0.3, 0.4) is 0 Å². The standard InChI is InChI=1S/C14H23N3O2S/c1-4-19-11(3)14-16-12(9-20-14)7-13(18)17-6-5-15-8-10(17)2/h9-11,15H,4-8H2,1-3H3/t10-,11+/m1/s1. The molecule has 1 aromatic heterocycles. The van der Waals surface area contributed by atoms with Gasteiger partial charge in [0.25, 0.3) is 0 Å². The third-order valence-corrected chi connectivity index (χ3v) is 4.54. The number of rotatable bonds is 5. The van der Waals surface area contributed by atoms with E-state index < -0.39 is 0 Å². The Bertz CT molecular complexity index is 449. The minimum atomic E-state index is 0.00645. The fraction of sp³-hybridized carbons (Fsp3) is 0.714. The van der Waals surface area contributed by atoms with Gasteiger partial charge in [-0.15, -0.1) is 11.3 Å². The number of carbonyl (C=O) groups excluding carboxylic acids is 1. The molecule has 1 amide bonds. The highest BCUT2D eigenvalue weighted by Crippen LogP contribution is 2.21. The molecule has 1 aliphatic rings. The number of carbonyl (C=O) groups is 1. The number of ether oxygens (including phenoxy) is 1. The average molecular weight is 297 g/mol. The first kappa shape index (κ1) is 15.4. The molecule has 0 radical (unpaired) electrons. The minimum Gasteiger partial charge on any atom is -0.372 e. The molecule has 0 aromatic carbocycles. The number of nitrogens with one attached hydrogen (secondary N) is 1. The van der Waals surface area contributed by atoms with E-state index >= 15 is 0 Å². The van der Waals surface area contributed by atoms with Crippen molar-refractivity contribution in [1.29, 1.82) is 0 Å². The predicted molar refractivity (Wildman–Crippen MR) is 79.9 cm³/mol. The molecule has 1 aromatic rings. The Hall–Kier alpha value is -0.980. The number of aromatic nitrogens is 1. The van der Waals surface area contributed by atoms with Crippen LogP contribution in [0.5, 0.6) is 0 Å². The summed E-state index contributed by atoms with van der Waals surface area (Å²) in [5, 5.41) is 6.21. The molecule has 20 heavy (non-hydrogen) atoms. The van der Waals surface area contributed by atoms with Gasteiger partial charge in [-0.3, -0.25) is 4.79 Å². The normalized spacial score (nSPS) is 20.9. The molecule has 2 heterocycles. The largest absolute Gasteiger partial charge is 0.372 e. The quantitative estimate of drug-likeness (QED) is 0.897. The van der Waals surface area contributed by atoms with Crippen molar-refractivity contribution >= 4 is 17.2 Å². The van der Waals surface area contributed by atoms with Gasteiger partial charge in [0.1, 0.15) is 11.1 Å². The maximum Gasteiger partial charge on any atom is 0.228 e. The van der Waals surface area contributed by atoms with Crippen molar-refractivity contribution in [2.75, 3.05) is 26.2 Å². The van der Waals surface area contributed by atoms with Crippen molar-refractivity contribution < 1.29 is 9.53 Å². The SMILES string of the molecule is CCO[C@@H](C)c1nc(CC(=O)N2CCNC[C@H]2C)cs1. The molecule has 0 saturated carbocycles. The highest BCUT2D eigenvalue weighted by Gasteiger charge is 2.23. The molecule has 5 nitrogen and oxygen atoms in total. The Kier molecular flexibility index (Phi) is 5.51. The Labute approximate surface area is 124 Å². The van der Waals surface area contributed by atoms with E-state index in [1.165, 1.54) is 0 Å². The highest BCUT2D eigenvalue weighted by molar-refractivity contribution is 7.09. The lowest BCUT2D eigenvalue weighted by atomic mass is 10.2. The molecule has 1 N–H and O–H groups in total. The monoisotopic (exact) mass is 297 g/mol. The fourth-order valence-corrected chi connectivity index (χ4v) is 3.20. The summed E-state index contributed by atoms with van der Waals surface area (Å²) in [6.07, 6.45) is 0.395. The summed E-state index contributed by atoms with van der Waals surface area (Å²) >= 11 is 1.57. The van der Waals surface area contributed by atoms with Crippen molar-refractivity contribution in [1.82, 2.24) is 15.2 Å². The molecule has 1 aliphatic heterocycles. The van der Waals surface area contributed by atoms with Crippen LogP contribution in [0.1, 0.15) is 37.6 Å². The number of piperazine rings is 1. The second-order valence-corrected chi connectivity index (χ2v) is 5.98. The molecule has 1 fully saturated rings. The smallest absolute Gasteiger partial charge is 0.228 e.